The summed E-state index contributed by atoms with van der Waals surface area (Å²) < 4.78 is 43.7. The second kappa shape index (κ2) is 7.30. The molecule has 2 aromatic rings. The van der Waals surface area contributed by atoms with Crippen molar-refractivity contribution < 1.29 is 27.5 Å². The first-order chi connectivity index (χ1) is 12.8. The van der Waals surface area contributed by atoms with Gasteiger partial charge in [-0.25, -0.2) is 0 Å². The van der Waals surface area contributed by atoms with Crippen LogP contribution in [0.15, 0.2) is 48.5 Å². The van der Waals surface area contributed by atoms with Crippen LogP contribution in [-0.4, -0.2) is 25.5 Å². The monoisotopic (exact) mass is 378 g/mol. The van der Waals surface area contributed by atoms with E-state index in [1.165, 1.54) is 24.1 Å². The molecule has 2 aromatic carbocycles. The van der Waals surface area contributed by atoms with E-state index < -0.39 is 17.7 Å². The molecule has 1 aliphatic heterocycles. The minimum Gasteiger partial charge on any atom is -0.497 e. The number of amides is 2. The molecule has 8 heteroatoms. The van der Waals surface area contributed by atoms with E-state index in [1.54, 1.807) is 24.3 Å². The first kappa shape index (κ1) is 18.8. The topological polar surface area (TPSA) is 58.6 Å². The van der Waals surface area contributed by atoms with Crippen LogP contribution in [0.1, 0.15) is 12.0 Å². The third-order valence-corrected chi connectivity index (χ3v) is 4.34. The zero-order valence-corrected chi connectivity index (χ0v) is 14.4. The molecule has 0 saturated carbocycles. The number of carbonyl (C=O) groups excluding carboxylic acids is 2. The summed E-state index contributed by atoms with van der Waals surface area (Å²) in [7, 11) is 1.53. The minimum absolute atomic E-state index is 0.0299. The van der Waals surface area contributed by atoms with Gasteiger partial charge in [0.15, 0.2) is 0 Å². The number of hydrogen-bond acceptors (Lipinski definition) is 3. The maximum atomic E-state index is 12.9. The average molecular weight is 378 g/mol. The lowest BCUT2D eigenvalue weighted by Crippen LogP contribution is -2.28. The molecular formula is C19H17F3N2O3. The van der Waals surface area contributed by atoms with Gasteiger partial charge in [-0.3, -0.25) is 9.59 Å². The van der Waals surface area contributed by atoms with E-state index in [-0.39, 0.29) is 30.5 Å². The van der Waals surface area contributed by atoms with E-state index in [0.717, 1.165) is 12.1 Å². The van der Waals surface area contributed by atoms with Crippen molar-refractivity contribution in [2.24, 2.45) is 5.92 Å². The van der Waals surface area contributed by atoms with Crippen LogP contribution in [0.4, 0.5) is 24.5 Å². The van der Waals surface area contributed by atoms with Crippen LogP contribution in [0.2, 0.25) is 0 Å². The highest BCUT2D eigenvalue weighted by Gasteiger charge is 2.36. The lowest BCUT2D eigenvalue weighted by Gasteiger charge is -2.18. The smallest absolute Gasteiger partial charge is 0.416 e. The fraction of sp³-hybridized carbons (Fsp3) is 0.263. The third-order valence-electron chi connectivity index (χ3n) is 4.34. The predicted octanol–water partition coefficient (Wildman–Crippen LogP) is 3.71. The molecule has 0 aliphatic carbocycles. The first-order valence-electron chi connectivity index (χ1n) is 8.20. The zero-order valence-electron chi connectivity index (χ0n) is 14.4. The van der Waals surface area contributed by atoms with Crippen LogP contribution in [0.3, 0.4) is 0 Å². The number of ether oxygens (including phenoxy) is 1. The number of alkyl halides is 3. The maximum absolute atomic E-state index is 12.9. The van der Waals surface area contributed by atoms with Crippen molar-refractivity contribution in [3.05, 3.63) is 54.1 Å². The molecule has 0 unspecified atom stereocenters. The molecule has 1 N–H and O–H groups in total. The number of nitrogens with zero attached hydrogens (tertiary/aromatic N) is 1. The van der Waals surface area contributed by atoms with Gasteiger partial charge in [-0.05, 0) is 42.5 Å². The van der Waals surface area contributed by atoms with Crippen molar-refractivity contribution in [1.82, 2.24) is 0 Å². The molecule has 1 heterocycles. The molecular weight excluding hydrogens is 361 g/mol. The molecule has 1 aliphatic rings. The van der Waals surface area contributed by atoms with Crippen molar-refractivity contribution in [2.75, 3.05) is 23.9 Å². The molecule has 27 heavy (non-hydrogen) atoms. The van der Waals surface area contributed by atoms with E-state index in [9.17, 15) is 22.8 Å². The van der Waals surface area contributed by atoms with Gasteiger partial charge in [-0.2, -0.15) is 13.2 Å². The molecule has 2 amide bonds. The molecule has 5 nitrogen and oxygen atoms in total. The van der Waals surface area contributed by atoms with E-state index in [2.05, 4.69) is 5.32 Å². The van der Waals surface area contributed by atoms with Crippen LogP contribution in [-0.2, 0) is 15.8 Å². The van der Waals surface area contributed by atoms with Crippen molar-refractivity contribution in [3.63, 3.8) is 0 Å². The predicted molar refractivity (Wildman–Crippen MR) is 93.5 cm³/mol. The Morgan fingerprint density at radius 2 is 1.89 bits per heavy atom. The van der Waals surface area contributed by atoms with Gasteiger partial charge in [-0.1, -0.05) is 6.07 Å². The Hall–Kier alpha value is -3.03. The van der Waals surface area contributed by atoms with Crippen molar-refractivity contribution in [3.8, 4) is 5.75 Å². The molecule has 0 radical (unpaired) electrons. The Labute approximate surface area is 153 Å². The second-order valence-corrected chi connectivity index (χ2v) is 6.17. The van der Waals surface area contributed by atoms with Gasteiger partial charge >= 0.3 is 6.18 Å². The summed E-state index contributed by atoms with van der Waals surface area (Å²) in [5.74, 6) is -0.749. The van der Waals surface area contributed by atoms with E-state index >= 15 is 0 Å². The summed E-state index contributed by atoms with van der Waals surface area (Å²) in [6.45, 7) is 0.0299. The fourth-order valence-electron chi connectivity index (χ4n) is 2.90. The van der Waals surface area contributed by atoms with E-state index in [4.69, 9.17) is 4.74 Å². The Morgan fingerprint density at radius 3 is 2.52 bits per heavy atom. The average Bonchev–Trinajstić information content (AvgIpc) is 3.04. The van der Waals surface area contributed by atoms with Crippen LogP contribution < -0.4 is 15.0 Å². The second-order valence-electron chi connectivity index (χ2n) is 6.17. The van der Waals surface area contributed by atoms with E-state index in [0.29, 0.717) is 11.4 Å². The van der Waals surface area contributed by atoms with Gasteiger partial charge in [-0.15, -0.1) is 0 Å². The maximum Gasteiger partial charge on any atom is 0.416 e. The molecule has 0 aromatic heterocycles. The third kappa shape index (κ3) is 4.21. The number of nitrogens with one attached hydrogen (secondary N) is 1. The summed E-state index contributed by atoms with van der Waals surface area (Å²) in [5.41, 5.74) is -0.153. The highest BCUT2D eigenvalue weighted by molar-refractivity contribution is 6.03. The van der Waals surface area contributed by atoms with Gasteiger partial charge in [0.2, 0.25) is 11.8 Å². The Morgan fingerprint density at radius 1 is 1.19 bits per heavy atom. The molecule has 0 spiro atoms. The van der Waals surface area contributed by atoms with Crippen LogP contribution in [0, 0.1) is 5.92 Å². The van der Waals surface area contributed by atoms with Gasteiger partial charge < -0.3 is 15.0 Å². The van der Waals surface area contributed by atoms with Crippen molar-refractivity contribution >= 4 is 23.2 Å². The molecule has 1 saturated heterocycles. The normalized spacial score (nSPS) is 17.1. The number of hydrogen-bond donors (Lipinski definition) is 1. The number of halogens is 3. The highest BCUT2D eigenvalue weighted by Crippen LogP contribution is 2.33. The lowest BCUT2D eigenvalue weighted by atomic mass is 10.1. The Kier molecular flexibility index (Phi) is 5.07. The Balaban J connectivity index is 1.70. The summed E-state index contributed by atoms with van der Waals surface area (Å²) in [6.07, 6.45) is -4.55. The van der Waals surface area contributed by atoms with Crippen LogP contribution >= 0.6 is 0 Å². The molecule has 0 bridgehead atoms. The summed E-state index contributed by atoms with van der Waals surface area (Å²) in [5, 5.41) is 2.71. The van der Waals surface area contributed by atoms with Crippen LogP contribution in [0.25, 0.3) is 0 Å². The van der Waals surface area contributed by atoms with E-state index in [1.807, 2.05) is 0 Å². The number of methoxy groups -OCH3 is 1. The molecule has 1 atom stereocenters. The van der Waals surface area contributed by atoms with Gasteiger partial charge in [0, 0.05) is 24.3 Å². The fourth-order valence-corrected chi connectivity index (χ4v) is 2.90. The molecule has 142 valence electrons. The minimum atomic E-state index is -4.50. The summed E-state index contributed by atoms with van der Waals surface area (Å²) >= 11 is 0. The lowest BCUT2D eigenvalue weighted by molar-refractivity contribution is -0.137. The first-order valence-corrected chi connectivity index (χ1v) is 8.20. The quantitative estimate of drug-likeness (QED) is 0.883. The highest BCUT2D eigenvalue weighted by atomic mass is 19.4. The number of benzene rings is 2. The summed E-state index contributed by atoms with van der Waals surface area (Å²) in [4.78, 5) is 25.9. The number of rotatable bonds is 4. The standard InChI is InChI=1S/C19H17F3N2O3/c1-27-16-7-5-14(6-8-16)23-18(26)12-9-17(25)24(11-12)15-4-2-3-13(10-15)19(20,21)22/h2-8,10,12H,9,11H2,1H3,(H,23,26)/t12-/m1/s1. The Bertz CT molecular complexity index is 850. The summed E-state index contributed by atoms with van der Waals surface area (Å²) in [6, 6.07) is 11.2. The largest absolute Gasteiger partial charge is 0.497 e. The SMILES string of the molecule is COc1ccc(NC(=O)[C@@H]2CC(=O)N(c3cccc(C(F)(F)F)c3)C2)cc1. The zero-order chi connectivity index (χ0) is 19.6. The number of carbonyl (C=O) groups is 2. The van der Waals surface area contributed by atoms with Crippen molar-refractivity contribution in [1.29, 1.82) is 0 Å². The number of anilines is 2. The molecule has 1 fully saturated rings. The van der Waals surface area contributed by atoms with Gasteiger partial charge in [0.05, 0.1) is 18.6 Å². The molecule has 3 rings (SSSR count). The van der Waals surface area contributed by atoms with Crippen molar-refractivity contribution in [2.45, 2.75) is 12.6 Å². The van der Waals surface area contributed by atoms with Crippen LogP contribution in [0.5, 0.6) is 5.75 Å². The van der Waals surface area contributed by atoms with Gasteiger partial charge in [0.25, 0.3) is 0 Å². The van der Waals surface area contributed by atoms with Gasteiger partial charge in [0.1, 0.15) is 5.75 Å².